The fraction of sp³-hybridized carbons (Fsp3) is 1.00. The van der Waals surface area contributed by atoms with E-state index < -0.39 is 0 Å². The molecule has 1 heteroatoms. The van der Waals surface area contributed by atoms with Gasteiger partial charge in [-0.1, -0.05) is 6.42 Å². The maximum Gasteiger partial charge on any atom is 0.0187 e. The summed E-state index contributed by atoms with van der Waals surface area (Å²) in [6, 6.07) is 1.67. The molecule has 70 valence electrons. The first-order valence-corrected chi connectivity index (χ1v) is 5.42. The lowest BCUT2D eigenvalue weighted by atomic mass is 9.89. The highest BCUT2D eigenvalue weighted by atomic mass is 15.3. The van der Waals surface area contributed by atoms with E-state index in [2.05, 4.69) is 25.7 Å². The van der Waals surface area contributed by atoms with Gasteiger partial charge in [-0.25, -0.2) is 0 Å². The topological polar surface area (TPSA) is 3.24 Å². The van der Waals surface area contributed by atoms with E-state index in [-0.39, 0.29) is 0 Å². The minimum absolute atomic E-state index is 0.567. The number of nitrogens with zero attached hydrogens (tertiary/aromatic N) is 1. The van der Waals surface area contributed by atoms with Gasteiger partial charge in [0.25, 0.3) is 0 Å². The second-order valence-corrected chi connectivity index (χ2v) is 5.08. The SMILES string of the molecule is CC(C)N1C2CCCC1(C)CC2. The van der Waals surface area contributed by atoms with Gasteiger partial charge in [0.15, 0.2) is 0 Å². The van der Waals surface area contributed by atoms with E-state index in [1.807, 2.05) is 0 Å². The molecular weight excluding hydrogens is 146 g/mol. The highest BCUT2D eigenvalue weighted by molar-refractivity contribution is 5.02. The Balaban J connectivity index is 2.21. The molecule has 12 heavy (non-hydrogen) atoms. The summed E-state index contributed by atoms with van der Waals surface area (Å²) in [4.78, 5) is 2.77. The van der Waals surface area contributed by atoms with E-state index in [4.69, 9.17) is 0 Å². The summed E-state index contributed by atoms with van der Waals surface area (Å²) in [5, 5.41) is 0. The van der Waals surface area contributed by atoms with Crippen molar-refractivity contribution in [2.24, 2.45) is 0 Å². The number of rotatable bonds is 1. The number of piperidine rings is 1. The molecule has 2 unspecified atom stereocenters. The van der Waals surface area contributed by atoms with Gasteiger partial charge in [0, 0.05) is 17.6 Å². The maximum atomic E-state index is 2.77. The summed E-state index contributed by atoms with van der Waals surface area (Å²) in [6.45, 7) is 7.16. The zero-order valence-electron chi connectivity index (χ0n) is 8.64. The minimum atomic E-state index is 0.567. The monoisotopic (exact) mass is 167 g/mol. The quantitative estimate of drug-likeness (QED) is 0.580. The van der Waals surface area contributed by atoms with Crippen molar-refractivity contribution < 1.29 is 0 Å². The smallest absolute Gasteiger partial charge is 0.0187 e. The number of hydrogen-bond acceptors (Lipinski definition) is 1. The van der Waals surface area contributed by atoms with Gasteiger partial charge >= 0.3 is 0 Å². The van der Waals surface area contributed by atoms with Gasteiger partial charge in [0.2, 0.25) is 0 Å². The summed E-state index contributed by atoms with van der Waals surface area (Å²) < 4.78 is 0. The Hall–Kier alpha value is -0.0400. The second kappa shape index (κ2) is 2.73. The highest BCUT2D eigenvalue weighted by Gasteiger charge is 2.46. The van der Waals surface area contributed by atoms with Crippen LogP contribution in [-0.4, -0.2) is 22.5 Å². The average molecular weight is 167 g/mol. The van der Waals surface area contributed by atoms with Crippen LogP contribution < -0.4 is 0 Å². The first-order chi connectivity index (χ1) is 5.63. The van der Waals surface area contributed by atoms with E-state index in [1.54, 1.807) is 0 Å². The van der Waals surface area contributed by atoms with Crippen molar-refractivity contribution in [1.29, 1.82) is 0 Å². The van der Waals surface area contributed by atoms with Crippen LogP contribution in [0.25, 0.3) is 0 Å². The molecule has 0 aromatic carbocycles. The average Bonchev–Trinajstić information content (AvgIpc) is 2.18. The van der Waals surface area contributed by atoms with Crippen molar-refractivity contribution in [2.75, 3.05) is 0 Å². The molecule has 0 aromatic heterocycles. The van der Waals surface area contributed by atoms with Crippen molar-refractivity contribution in [2.45, 2.75) is 70.5 Å². The van der Waals surface area contributed by atoms with E-state index >= 15 is 0 Å². The molecule has 0 aromatic rings. The van der Waals surface area contributed by atoms with Crippen LogP contribution in [-0.2, 0) is 0 Å². The number of fused-ring (bicyclic) bond motifs is 2. The molecule has 2 fully saturated rings. The molecule has 1 nitrogen and oxygen atoms in total. The zero-order chi connectivity index (χ0) is 8.77. The summed E-state index contributed by atoms with van der Waals surface area (Å²) in [6.07, 6.45) is 7.24. The Morgan fingerprint density at radius 3 is 2.50 bits per heavy atom. The van der Waals surface area contributed by atoms with Crippen LogP contribution in [0.5, 0.6) is 0 Å². The molecule has 0 saturated carbocycles. The summed E-state index contributed by atoms with van der Waals surface area (Å²) in [5.74, 6) is 0. The van der Waals surface area contributed by atoms with Gasteiger partial charge in [-0.3, -0.25) is 4.90 Å². The van der Waals surface area contributed by atoms with Gasteiger partial charge < -0.3 is 0 Å². The third kappa shape index (κ3) is 1.10. The summed E-state index contributed by atoms with van der Waals surface area (Å²) >= 11 is 0. The molecule has 2 heterocycles. The lowest BCUT2D eigenvalue weighted by molar-refractivity contribution is 0.0372. The highest BCUT2D eigenvalue weighted by Crippen LogP contribution is 2.44. The second-order valence-electron chi connectivity index (χ2n) is 5.08. The molecule has 2 aliphatic rings. The molecule has 0 radical (unpaired) electrons. The third-order valence-corrected chi connectivity index (χ3v) is 3.84. The molecular formula is C11H21N. The Morgan fingerprint density at radius 1 is 1.25 bits per heavy atom. The van der Waals surface area contributed by atoms with E-state index in [9.17, 15) is 0 Å². The van der Waals surface area contributed by atoms with Crippen molar-refractivity contribution in [3.05, 3.63) is 0 Å². The summed E-state index contributed by atoms with van der Waals surface area (Å²) in [7, 11) is 0. The van der Waals surface area contributed by atoms with Crippen LogP contribution in [0.1, 0.15) is 52.9 Å². The van der Waals surface area contributed by atoms with Crippen LogP contribution in [0, 0.1) is 0 Å². The van der Waals surface area contributed by atoms with E-state index in [0.29, 0.717) is 5.54 Å². The molecule has 0 aliphatic carbocycles. The van der Waals surface area contributed by atoms with E-state index in [1.165, 1.54) is 32.1 Å². The molecule has 2 bridgehead atoms. The fourth-order valence-electron chi connectivity index (χ4n) is 3.49. The minimum Gasteiger partial charge on any atom is -0.293 e. The Morgan fingerprint density at radius 2 is 2.00 bits per heavy atom. The first kappa shape index (κ1) is 8.55. The van der Waals surface area contributed by atoms with Gasteiger partial charge in [-0.05, 0) is 46.5 Å². The molecule has 2 saturated heterocycles. The standard InChI is InChI=1S/C11H21N/c1-9(2)12-10-5-4-7-11(12,3)8-6-10/h9-10H,4-8H2,1-3H3. The van der Waals surface area contributed by atoms with Crippen LogP contribution >= 0.6 is 0 Å². The van der Waals surface area contributed by atoms with Gasteiger partial charge in [0.05, 0.1) is 0 Å². The molecule has 0 N–H and O–H groups in total. The molecule has 0 amide bonds. The van der Waals surface area contributed by atoms with E-state index in [0.717, 1.165) is 12.1 Å². The largest absolute Gasteiger partial charge is 0.293 e. The number of hydrogen-bond donors (Lipinski definition) is 0. The van der Waals surface area contributed by atoms with Crippen molar-refractivity contribution >= 4 is 0 Å². The zero-order valence-corrected chi connectivity index (χ0v) is 8.64. The van der Waals surface area contributed by atoms with Crippen molar-refractivity contribution in [3.63, 3.8) is 0 Å². The Bertz CT molecular complexity index is 172. The van der Waals surface area contributed by atoms with Crippen LogP contribution in [0.4, 0.5) is 0 Å². The molecule has 2 atom stereocenters. The van der Waals surface area contributed by atoms with Crippen LogP contribution in [0.15, 0.2) is 0 Å². The molecule has 2 aliphatic heterocycles. The van der Waals surface area contributed by atoms with Gasteiger partial charge in [0.1, 0.15) is 0 Å². The lowest BCUT2D eigenvalue weighted by Crippen LogP contribution is -2.51. The van der Waals surface area contributed by atoms with Crippen LogP contribution in [0.3, 0.4) is 0 Å². The van der Waals surface area contributed by atoms with Gasteiger partial charge in [-0.2, -0.15) is 0 Å². The summed E-state index contributed by atoms with van der Waals surface area (Å²) in [5.41, 5.74) is 0.567. The van der Waals surface area contributed by atoms with Crippen molar-refractivity contribution in [3.8, 4) is 0 Å². The predicted molar refractivity (Wildman–Crippen MR) is 52.3 cm³/mol. The predicted octanol–water partition coefficient (Wildman–Crippen LogP) is 2.80. The van der Waals surface area contributed by atoms with Crippen LogP contribution in [0.2, 0.25) is 0 Å². The normalized spacial score (nSPS) is 42.5. The van der Waals surface area contributed by atoms with Crippen molar-refractivity contribution in [1.82, 2.24) is 4.90 Å². The molecule has 0 spiro atoms. The maximum absolute atomic E-state index is 2.77. The first-order valence-electron chi connectivity index (χ1n) is 5.42. The fourth-order valence-corrected chi connectivity index (χ4v) is 3.49. The van der Waals surface area contributed by atoms with Gasteiger partial charge in [-0.15, -0.1) is 0 Å². The third-order valence-electron chi connectivity index (χ3n) is 3.84. The molecule has 2 rings (SSSR count). The Labute approximate surface area is 76.1 Å². The Kier molecular flexibility index (Phi) is 1.95. The lowest BCUT2D eigenvalue weighted by Gasteiger charge is -2.45.